The molecule has 0 heterocycles. The monoisotopic (exact) mass is 398 g/mol. The molecule has 2 amide bonds. The fourth-order valence-electron chi connectivity index (χ4n) is 7.11. The lowest BCUT2D eigenvalue weighted by atomic mass is 9.68. The maximum absolute atomic E-state index is 13.0. The summed E-state index contributed by atoms with van der Waals surface area (Å²) in [6.45, 7) is 18.7. The summed E-state index contributed by atoms with van der Waals surface area (Å²) in [6.07, 6.45) is 6.76. The van der Waals surface area contributed by atoms with Crippen molar-refractivity contribution in [1.82, 2.24) is 10.6 Å². The molecule has 4 nitrogen and oxygen atoms in total. The minimum absolute atomic E-state index is 0.0689. The van der Waals surface area contributed by atoms with Crippen LogP contribution in [0.2, 0.25) is 0 Å². The fourth-order valence-corrected chi connectivity index (χ4v) is 7.11. The Labute approximate surface area is 176 Å². The summed E-state index contributed by atoms with van der Waals surface area (Å²) in [6, 6.07) is 0. The molecular formula is C25H38N2O2. The van der Waals surface area contributed by atoms with E-state index in [1.165, 1.54) is 0 Å². The zero-order valence-corrected chi connectivity index (χ0v) is 18.7. The lowest BCUT2D eigenvalue weighted by Gasteiger charge is -2.37. The lowest BCUT2D eigenvalue weighted by Crippen LogP contribution is -2.44. The van der Waals surface area contributed by atoms with E-state index in [1.807, 2.05) is 0 Å². The molecule has 2 N–H and O–H groups in total. The minimum atomic E-state index is -0.359. The molecule has 29 heavy (non-hydrogen) atoms. The summed E-state index contributed by atoms with van der Waals surface area (Å²) in [4.78, 5) is 26.0. The van der Waals surface area contributed by atoms with Crippen LogP contribution in [0.4, 0.5) is 0 Å². The average Bonchev–Trinajstić information content (AvgIpc) is 3.39. The number of carbonyl (C=O) groups is 2. The molecular weight excluding hydrogens is 360 g/mol. The van der Waals surface area contributed by atoms with Gasteiger partial charge in [0.05, 0.1) is 10.8 Å². The van der Waals surface area contributed by atoms with Gasteiger partial charge in [-0.3, -0.25) is 9.59 Å². The predicted octanol–water partition coefficient (Wildman–Crippen LogP) is 4.37. The van der Waals surface area contributed by atoms with Crippen LogP contribution in [-0.4, -0.2) is 24.9 Å². The normalized spacial score (nSPS) is 38.5. The molecule has 0 aromatic carbocycles. The Balaban J connectivity index is 1.25. The quantitative estimate of drug-likeness (QED) is 0.515. The van der Waals surface area contributed by atoms with E-state index in [0.717, 1.165) is 56.1 Å². The van der Waals surface area contributed by atoms with Crippen molar-refractivity contribution < 1.29 is 9.59 Å². The number of carbonyl (C=O) groups excluding carboxylic acids is 2. The van der Waals surface area contributed by atoms with Gasteiger partial charge in [0.2, 0.25) is 11.8 Å². The number of rotatable bonds is 6. The molecule has 0 aliphatic heterocycles. The SMILES string of the molecule is C=C1C2(C(=O)NCCCNC(=O)C34CCC(C3)C(C)(C)C4=C)CCC(C2)C1(C)C. The van der Waals surface area contributed by atoms with Crippen LogP contribution < -0.4 is 10.6 Å². The second kappa shape index (κ2) is 6.46. The zero-order valence-electron chi connectivity index (χ0n) is 18.7. The number of nitrogens with one attached hydrogen (secondary N) is 2. The molecule has 0 saturated heterocycles. The first kappa shape index (κ1) is 20.7. The molecule has 4 bridgehead atoms. The maximum Gasteiger partial charge on any atom is 0.230 e. The molecule has 4 heteroatoms. The first-order valence-corrected chi connectivity index (χ1v) is 11.4. The van der Waals surface area contributed by atoms with Crippen LogP contribution in [0.25, 0.3) is 0 Å². The number of hydrogen-bond acceptors (Lipinski definition) is 2. The van der Waals surface area contributed by atoms with Crippen LogP contribution in [0.15, 0.2) is 24.3 Å². The first-order valence-electron chi connectivity index (χ1n) is 11.4. The summed E-state index contributed by atoms with van der Waals surface area (Å²) in [5.41, 5.74) is 1.65. The van der Waals surface area contributed by atoms with E-state index in [0.29, 0.717) is 24.9 Å². The Morgan fingerprint density at radius 2 is 1.21 bits per heavy atom. The zero-order chi connectivity index (χ0) is 21.2. The van der Waals surface area contributed by atoms with Crippen LogP contribution in [-0.2, 0) is 9.59 Å². The Morgan fingerprint density at radius 1 is 0.828 bits per heavy atom. The summed E-state index contributed by atoms with van der Waals surface area (Å²) in [5.74, 6) is 1.45. The molecule has 0 spiro atoms. The maximum atomic E-state index is 13.0. The molecule has 0 radical (unpaired) electrons. The number of fused-ring (bicyclic) bond motifs is 4. The Bertz CT molecular complexity index is 716. The van der Waals surface area contributed by atoms with Gasteiger partial charge in [0, 0.05) is 13.1 Å². The number of amides is 2. The third-order valence-electron chi connectivity index (χ3n) is 9.57. The molecule has 4 fully saturated rings. The lowest BCUT2D eigenvalue weighted by molar-refractivity contribution is -0.129. The Morgan fingerprint density at radius 3 is 1.52 bits per heavy atom. The molecule has 4 rings (SSSR count). The third kappa shape index (κ3) is 2.70. The highest BCUT2D eigenvalue weighted by molar-refractivity contribution is 5.88. The van der Waals surface area contributed by atoms with Crippen molar-refractivity contribution in [2.24, 2.45) is 33.5 Å². The van der Waals surface area contributed by atoms with Crippen molar-refractivity contribution in [3.8, 4) is 0 Å². The van der Waals surface area contributed by atoms with Crippen LogP contribution in [0.3, 0.4) is 0 Å². The second-order valence-corrected chi connectivity index (χ2v) is 11.3. The minimum Gasteiger partial charge on any atom is -0.355 e. The van der Waals surface area contributed by atoms with Gasteiger partial charge in [-0.15, -0.1) is 0 Å². The summed E-state index contributed by atoms with van der Waals surface area (Å²) in [5, 5.41) is 6.28. The molecule has 4 aliphatic rings. The standard InChI is InChI=1S/C25H38N2O2/c1-16-22(3,4)18-8-10-24(16,14-18)20(28)26-12-7-13-27-21(29)25-11-9-19(15-25)23(5,6)17(25)2/h18-19H,1-2,7-15H2,3-6H3,(H,26,28)(H,27,29). The highest BCUT2D eigenvalue weighted by Crippen LogP contribution is 2.66. The van der Waals surface area contributed by atoms with Gasteiger partial charge in [-0.25, -0.2) is 0 Å². The molecule has 4 atom stereocenters. The van der Waals surface area contributed by atoms with Crippen LogP contribution in [0.1, 0.15) is 72.6 Å². The van der Waals surface area contributed by atoms with Crippen molar-refractivity contribution in [2.45, 2.75) is 72.6 Å². The largest absolute Gasteiger partial charge is 0.355 e. The van der Waals surface area contributed by atoms with Crippen molar-refractivity contribution in [3.63, 3.8) is 0 Å². The van der Waals surface area contributed by atoms with Gasteiger partial charge in [0.1, 0.15) is 0 Å². The third-order valence-corrected chi connectivity index (χ3v) is 9.57. The van der Waals surface area contributed by atoms with Gasteiger partial charge in [-0.1, -0.05) is 52.0 Å². The Kier molecular flexibility index (Phi) is 4.61. The topological polar surface area (TPSA) is 58.2 Å². The van der Waals surface area contributed by atoms with Crippen molar-refractivity contribution in [2.75, 3.05) is 13.1 Å². The molecule has 0 aromatic rings. The van der Waals surface area contributed by atoms with E-state index >= 15 is 0 Å². The highest BCUT2D eigenvalue weighted by atomic mass is 16.2. The van der Waals surface area contributed by atoms with E-state index in [1.54, 1.807) is 0 Å². The van der Waals surface area contributed by atoms with Gasteiger partial charge in [-0.2, -0.15) is 0 Å². The van der Waals surface area contributed by atoms with Crippen LogP contribution in [0.5, 0.6) is 0 Å². The van der Waals surface area contributed by atoms with E-state index in [9.17, 15) is 9.59 Å². The number of hydrogen-bond donors (Lipinski definition) is 2. The highest BCUT2D eigenvalue weighted by Gasteiger charge is 2.61. The molecule has 4 unspecified atom stereocenters. The van der Waals surface area contributed by atoms with Gasteiger partial charge < -0.3 is 10.6 Å². The fraction of sp³-hybridized carbons (Fsp3) is 0.760. The summed E-state index contributed by atoms with van der Waals surface area (Å²) in [7, 11) is 0. The predicted molar refractivity (Wildman–Crippen MR) is 116 cm³/mol. The van der Waals surface area contributed by atoms with Crippen molar-refractivity contribution >= 4 is 11.8 Å². The van der Waals surface area contributed by atoms with Crippen LogP contribution in [0, 0.1) is 33.5 Å². The Hall–Kier alpha value is -1.58. The van der Waals surface area contributed by atoms with E-state index in [2.05, 4.69) is 51.5 Å². The summed E-state index contributed by atoms with van der Waals surface area (Å²) >= 11 is 0. The van der Waals surface area contributed by atoms with Crippen LogP contribution >= 0.6 is 0 Å². The first-order chi connectivity index (χ1) is 13.5. The van der Waals surface area contributed by atoms with Gasteiger partial charge >= 0.3 is 0 Å². The van der Waals surface area contributed by atoms with Crippen molar-refractivity contribution in [3.05, 3.63) is 24.3 Å². The molecule has 160 valence electrons. The average molecular weight is 399 g/mol. The van der Waals surface area contributed by atoms with Crippen molar-refractivity contribution in [1.29, 1.82) is 0 Å². The van der Waals surface area contributed by atoms with Gasteiger partial charge in [0.25, 0.3) is 0 Å². The molecule has 4 saturated carbocycles. The van der Waals surface area contributed by atoms with E-state index in [4.69, 9.17) is 0 Å². The van der Waals surface area contributed by atoms with E-state index < -0.39 is 0 Å². The molecule has 4 aliphatic carbocycles. The second-order valence-electron chi connectivity index (χ2n) is 11.3. The smallest absolute Gasteiger partial charge is 0.230 e. The van der Waals surface area contributed by atoms with E-state index in [-0.39, 0.29) is 33.5 Å². The summed E-state index contributed by atoms with van der Waals surface area (Å²) < 4.78 is 0. The molecule has 0 aromatic heterocycles. The van der Waals surface area contributed by atoms with Gasteiger partial charge in [0.15, 0.2) is 0 Å². The van der Waals surface area contributed by atoms with Gasteiger partial charge in [-0.05, 0) is 67.6 Å².